The van der Waals surface area contributed by atoms with Crippen LogP contribution >= 0.6 is 22.9 Å². The molecule has 7 heteroatoms. The third kappa shape index (κ3) is 4.62. The van der Waals surface area contributed by atoms with E-state index in [1.54, 1.807) is 11.3 Å². The number of anilines is 1. The second-order valence-corrected chi connectivity index (χ2v) is 8.83. The number of aromatic nitrogens is 1. The van der Waals surface area contributed by atoms with Gasteiger partial charge in [-0.25, -0.2) is 4.98 Å². The van der Waals surface area contributed by atoms with E-state index in [0.29, 0.717) is 5.02 Å². The lowest BCUT2D eigenvalue weighted by Crippen LogP contribution is -2.40. The first-order valence-corrected chi connectivity index (χ1v) is 11.1. The molecule has 1 amide bonds. The fraction of sp³-hybridized carbons (Fsp3) is 0.600. The summed E-state index contributed by atoms with van der Waals surface area (Å²) in [5.41, 5.74) is 0.914. The van der Waals surface area contributed by atoms with Gasteiger partial charge < -0.3 is 4.74 Å². The molecule has 4 rings (SSSR count). The SMILES string of the molecule is O=C(C1CCCC1)N(CCCN1CCOCC1)c1nc2ccc(Cl)cc2s1. The van der Waals surface area contributed by atoms with Gasteiger partial charge >= 0.3 is 0 Å². The molecule has 0 spiro atoms. The Hall–Kier alpha value is -1.21. The summed E-state index contributed by atoms with van der Waals surface area (Å²) < 4.78 is 6.46. The Balaban J connectivity index is 1.49. The minimum absolute atomic E-state index is 0.156. The summed E-state index contributed by atoms with van der Waals surface area (Å²) in [6.45, 7) is 5.30. The standard InChI is InChI=1S/C20H26ClN3O2S/c21-16-6-7-17-18(14-16)27-20(22-17)24(19(25)15-4-1-2-5-15)9-3-8-23-10-12-26-13-11-23/h6-7,14-15H,1-5,8-13H2. The molecule has 1 aromatic carbocycles. The molecule has 146 valence electrons. The van der Waals surface area contributed by atoms with Crippen molar-refractivity contribution in [1.29, 1.82) is 0 Å². The summed E-state index contributed by atoms with van der Waals surface area (Å²) in [6, 6.07) is 5.72. The van der Waals surface area contributed by atoms with Crippen molar-refractivity contribution >= 4 is 44.2 Å². The summed E-state index contributed by atoms with van der Waals surface area (Å²) in [7, 11) is 0. The van der Waals surface area contributed by atoms with Crippen molar-refractivity contribution in [3.8, 4) is 0 Å². The average molecular weight is 408 g/mol. The first-order valence-electron chi connectivity index (χ1n) is 9.88. The number of hydrogen-bond acceptors (Lipinski definition) is 5. The second kappa shape index (κ2) is 8.86. The zero-order valence-corrected chi connectivity index (χ0v) is 17.1. The molecule has 1 aromatic heterocycles. The Morgan fingerprint density at radius 1 is 1.30 bits per heavy atom. The highest BCUT2D eigenvalue weighted by Gasteiger charge is 2.29. The van der Waals surface area contributed by atoms with Gasteiger partial charge in [0.15, 0.2) is 5.13 Å². The molecule has 0 unspecified atom stereocenters. The maximum atomic E-state index is 13.2. The molecule has 0 N–H and O–H groups in total. The van der Waals surface area contributed by atoms with Gasteiger partial charge in [0.25, 0.3) is 0 Å². The Labute approximate surface area is 169 Å². The molecule has 1 aliphatic carbocycles. The van der Waals surface area contributed by atoms with Crippen molar-refractivity contribution < 1.29 is 9.53 Å². The normalized spacial score (nSPS) is 19.0. The van der Waals surface area contributed by atoms with Crippen molar-refractivity contribution in [3.05, 3.63) is 23.2 Å². The third-order valence-electron chi connectivity index (χ3n) is 5.50. The number of ether oxygens (including phenoxy) is 1. The van der Waals surface area contributed by atoms with Crippen LogP contribution in [0.25, 0.3) is 10.2 Å². The fourth-order valence-corrected chi connectivity index (χ4v) is 5.25. The maximum Gasteiger partial charge on any atom is 0.231 e. The van der Waals surface area contributed by atoms with Crippen LogP contribution in [0.5, 0.6) is 0 Å². The second-order valence-electron chi connectivity index (χ2n) is 7.39. The molecule has 27 heavy (non-hydrogen) atoms. The molecule has 0 radical (unpaired) electrons. The number of fused-ring (bicyclic) bond motifs is 1. The predicted molar refractivity (Wildman–Crippen MR) is 111 cm³/mol. The van der Waals surface area contributed by atoms with Crippen LogP contribution in [0.2, 0.25) is 5.02 Å². The monoisotopic (exact) mass is 407 g/mol. The smallest absolute Gasteiger partial charge is 0.231 e. The zero-order valence-electron chi connectivity index (χ0n) is 15.5. The number of amides is 1. The number of hydrogen-bond donors (Lipinski definition) is 0. The fourth-order valence-electron chi connectivity index (χ4n) is 3.97. The van der Waals surface area contributed by atoms with Gasteiger partial charge in [0.1, 0.15) is 0 Å². The lowest BCUT2D eigenvalue weighted by molar-refractivity contribution is -0.122. The first-order chi connectivity index (χ1) is 13.2. The molecular weight excluding hydrogens is 382 g/mol. The van der Waals surface area contributed by atoms with E-state index >= 15 is 0 Å². The molecule has 1 saturated heterocycles. The van der Waals surface area contributed by atoms with E-state index in [0.717, 1.165) is 86.8 Å². The Morgan fingerprint density at radius 3 is 2.85 bits per heavy atom. The van der Waals surface area contributed by atoms with Gasteiger partial charge in [-0.3, -0.25) is 14.6 Å². The van der Waals surface area contributed by atoms with Crippen LogP contribution < -0.4 is 4.90 Å². The number of benzene rings is 1. The van der Waals surface area contributed by atoms with Crippen LogP contribution in [-0.4, -0.2) is 55.2 Å². The number of carbonyl (C=O) groups is 1. The highest BCUT2D eigenvalue weighted by Crippen LogP contribution is 2.34. The molecule has 1 saturated carbocycles. The molecule has 2 aromatic rings. The lowest BCUT2D eigenvalue weighted by atomic mass is 10.1. The zero-order chi connectivity index (χ0) is 18.6. The molecule has 2 aliphatic rings. The lowest BCUT2D eigenvalue weighted by Gasteiger charge is -2.28. The van der Waals surface area contributed by atoms with Gasteiger partial charge in [-0.2, -0.15) is 0 Å². The minimum atomic E-state index is 0.156. The number of morpholine rings is 1. The number of thiazole rings is 1. The van der Waals surface area contributed by atoms with Crippen LogP contribution in [0, 0.1) is 5.92 Å². The van der Waals surface area contributed by atoms with Gasteiger partial charge in [0.05, 0.1) is 23.4 Å². The van der Waals surface area contributed by atoms with E-state index in [-0.39, 0.29) is 11.8 Å². The van der Waals surface area contributed by atoms with Crippen LogP contribution in [0.3, 0.4) is 0 Å². The Morgan fingerprint density at radius 2 is 2.07 bits per heavy atom. The van der Waals surface area contributed by atoms with Crippen LogP contribution in [0.4, 0.5) is 5.13 Å². The van der Waals surface area contributed by atoms with Crippen molar-refractivity contribution in [2.24, 2.45) is 5.92 Å². The number of rotatable bonds is 6. The van der Waals surface area contributed by atoms with Crippen molar-refractivity contribution in [3.63, 3.8) is 0 Å². The Bertz CT molecular complexity index is 785. The molecule has 0 atom stereocenters. The predicted octanol–water partition coefficient (Wildman–Crippen LogP) is 4.20. The van der Waals surface area contributed by atoms with Gasteiger partial charge in [-0.15, -0.1) is 0 Å². The van der Waals surface area contributed by atoms with Gasteiger partial charge in [-0.1, -0.05) is 35.8 Å². The Kier molecular flexibility index (Phi) is 6.28. The van der Waals surface area contributed by atoms with Gasteiger partial charge in [0, 0.05) is 37.1 Å². The van der Waals surface area contributed by atoms with Crippen LogP contribution in [-0.2, 0) is 9.53 Å². The number of carbonyl (C=O) groups excluding carboxylic acids is 1. The number of nitrogens with zero attached hydrogens (tertiary/aromatic N) is 3. The molecular formula is C20H26ClN3O2S. The van der Waals surface area contributed by atoms with Crippen LogP contribution in [0.1, 0.15) is 32.1 Å². The van der Waals surface area contributed by atoms with Crippen LogP contribution in [0.15, 0.2) is 18.2 Å². The van der Waals surface area contributed by atoms with E-state index < -0.39 is 0 Å². The third-order valence-corrected chi connectivity index (χ3v) is 6.78. The molecule has 0 bridgehead atoms. The highest BCUT2D eigenvalue weighted by atomic mass is 35.5. The largest absolute Gasteiger partial charge is 0.379 e. The highest BCUT2D eigenvalue weighted by molar-refractivity contribution is 7.22. The van der Waals surface area contributed by atoms with Crippen molar-refractivity contribution in [1.82, 2.24) is 9.88 Å². The van der Waals surface area contributed by atoms with Crippen molar-refractivity contribution in [2.45, 2.75) is 32.1 Å². The van der Waals surface area contributed by atoms with Gasteiger partial charge in [-0.05, 0) is 37.5 Å². The average Bonchev–Trinajstić information content (AvgIpc) is 3.35. The van der Waals surface area contributed by atoms with E-state index in [4.69, 9.17) is 21.3 Å². The molecule has 5 nitrogen and oxygen atoms in total. The van der Waals surface area contributed by atoms with E-state index in [9.17, 15) is 4.79 Å². The van der Waals surface area contributed by atoms with E-state index in [2.05, 4.69) is 4.90 Å². The molecule has 2 heterocycles. The minimum Gasteiger partial charge on any atom is -0.379 e. The van der Waals surface area contributed by atoms with Crippen molar-refractivity contribution in [2.75, 3.05) is 44.3 Å². The summed E-state index contributed by atoms with van der Waals surface area (Å²) in [6.07, 6.45) is 5.29. The maximum absolute atomic E-state index is 13.2. The molecule has 2 fully saturated rings. The quantitative estimate of drug-likeness (QED) is 0.720. The van der Waals surface area contributed by atoms with Gasteiger partial charge in [0.2, 0.25) is 5.91 Å². The summed E-state index contributed by atoms with van der Waals surface area (Å²) in [4.78, 5) is 22.3. The van der Waals surface area contributed by atoms with E-state index in [1.165, 1.54) is 0 Å². The summed E-state index contributed by atoms with van der Waals surface area (Å²) in [5.74, 6) is 0.406. The topological polar surface area (TPSA) is 45.7 Å². The van der Waals surface area contributed by atoms with E-state index in [1.807, 2.05) is 23.1 Å². The number of halogens is 1. The summed E-state index contributed by atoms with van der Waals surface area (Å²) >= 11 is 7.69. The summed E-state index contributed by atoms with van der Waals surface area (Å²) in [5, 5.41) is 1.52. The first kappa shape index (κ1) is 19.1. The molecule has 1 aliphatic heterocycles.